The molecule has 0 saturated heterocycles. The Morgan fingerprint density at radius 1 is 0.895 bits per heavy atom. The van der Waals surface area contributed by atoms with E-state index < -0.39 is 0 Å². The summed E-state index contributed by atoms with van der Waals surface area (Å²) in [4.78, 5) is 4.38. The van der Waals surface area contributed by atoms with Gasteiger partial charge in [-0.15, -0.1) is 24.0 Å². The van der Waals surface area contributed by atoms with Gasteiger partial charge in [0.2, 0.25) is 0 Å². The van der Waals surface area contributed by atoms with E-state index in [0.29, 0.717) is 26.4 Å². The van der Waals surface area contributed by atoms with E-state index in [1.165, 1.54) is 6.42 Å². The minimum absolute atomic E-state index is 0. The highest BCUT2D eigenvalue weighted by molar-refractivity contribution is 14.0. The molecule has 0 unspecified atom stereocenters. The number of guanidine groups is 1. The molecule has 0 aromatic carbocycles. The minimum atomic E-state index is 0. The zero-order chi connectivity index (χ0) is 13.5. The molecule has 6 heteroatoms. The van der Waals surface area contributed by atoms with Gasteiger partial charge in [-0.25, -0.2) is 0 Å². The van der Waals surface area contributed by atoms with Gasteiger partial charge in [-0.05, 0) is 20.3 Å². The first-order valence-electron chi connectivity index (χ1n) is 7.02. The molecule has 0 bridgehead atoms. The highest BCUT2D eigenvalue weighted by Gasteiger charge is 1.94. The summed E-state index contributed by atoms with van der Waals surface area (Å²) >= 11 is 0. The van der Waals surface area contributed by atoms with Crippen molar-refractivity contribution in [3.63, 3.8) is 0 Å². The quantitative estimate of drug-likeness (QED) is 0.247. The minimum Gasteiger partial charge on any atom is -0.379 e. The van der Waals surface area contributed by atoms with E-state index in [2.05, 4.69) is 36.4 Å². The van der Waals surface area contributed by atoms with Crippen LogP contribution in [-0.2, 0) is 9.47 Å². The van der Waals surface area contributed by atoms with E-state index >= 15 is 0 Å². The molecule has 0 aromatic rings. The Labute approximate surface area is 134 Å². The molecule has 0 aliphatic rings. The van der Waals surface area contributed by atoms with Gasteiger partial charge in [0.25, 0.3) is 0 Å². The summed E-state index contributed by atoms with van der Waals surface area (Å²) < 4.78 is 10.8. The molecule has 0 aliphatic heterocycles. The summed E-state index contributed by atoms with van der Waals surface area (Å²) in [7, 11) is 0. The number of aliphatic imine (C=N–C) groups is 1. The normalized spacial score (nSPS) is 9.63. The van der Waals surface area contributed by atoms with Crippen LogP contribution in [0, 0.1) is 0 Å². The fraction of sp³-hybridized carbons (Fsp3) is 0.923. The van der Waals surface area contributed by atoms with Crippen molar-refractivity contribution >= 4 is 29.9 Å². The van der Waals surface area contributed by atoms with Crippen LogP contribution in [0.15, 0.2) is 4.99 Å². The van der Waals surface area contributed by atoms with Gasteiger partial charge in [0.15, 0.2) is 5.96 Å². The first-order valence-corrected chi connectivity index (χ1v) is 7.02. The Morgan fingerprint density at radius 3 is 2.00 bits per heavy atom. The zero-order valence-corrected chi connectivity index (χ0v) is 14.9. The maximum atomic E-state index is 5.43. The standard InChI is InChI=1S/C13H29N3O2.HI/c1-4-7-9-17-11-12-18-10-8-16-13(14-5-2)15-6-3;/h4-12H2,1-3H3,(H2,14,15,16);1H. The average Bonchev–Trinajstić information content (AvgIpc) is 2.37. The van der Waals surface area contributed by atoms with Crippen molar-refractivity contribution in [2.45, 2.75) is 33.6 Å². The molecule has 0 radical (unpaired) electrons. The van der Waals surface area contributed by atoms with Crippen LogP contribution >= 0.6 is 24.0 Å². The van der Waals surface area contributed by atoms with E-state index in [4.69, 9.17) is 9.47 Å². The lowest BCUT2D eigenvalue weighted by molar-refractivity contribution is 0.0497. The summed E-state index contributed by atoms with van der Waals surface area (Å²) in [5, 5.41) is 6.33. The van der Waals surface area contributed by atoms with Gasteiger partial charge in [0.05, 0.1) is 26.4 Å². The van der Waals surface area contributed by atoms with Gasteiger partial charge >= 0.3 is 0 Å². The van der Waals surface area contributed by atoms with Gasteiger partial charge < -0.3 is 20.1 Å². The maximum Gasteiger partial charge on any atom is 0.191 e. The third-order valence-corrected chi connectivity index (χ3v) is 2.21. The van der Waals surface area contributed by atoms with Crippen LogP contribution in [0.25, 0.3) is 0 Å². The van der Waals surface area contributed by atoms with Crippen molar-refractivity contribution < 1.29 is 9.47 Å². The van der Waals surface area contributed by atoms with E-state index in [9.17, 15) is 0 Å². The molecule has 5 nitrogen and oxygen atoms in total. The molecule has 0 aliphatic carbocycles. The number of nitrogens with zero attached hydrogens (tertiary/aromatic N) is 1. The van der Waals surface area contributed by atoms with Crippen LogP contribution in [0.5, 0.6) is 0 Å². The lowest BCUT2D eigenvalue weighted by atomic mass is 10.4. The molecular weight excluding hydrogens is 357 g/mol. The Balaban J connectivity index is 0. The van der Waals surface area contributed by atoms with E-state index in [1.807, 2.05) is 0 Å². The molecule has 0 saturated carbocycles. The van der Waals surface area contributed by atoms with Crippen LogP contribution in [0.4, 0.5) is 0 Å². The van der Waals surface area contributed by atoms with Crippen molar-refractivity contribution in [3.05, 3.63) is 0 Å². The van der Waals surface area contributed by atoms with E-state index in [0.717, 1.165) is 32.1 Å². The smallest absolute Gasteiger partial charge is 0.191 e. The fourth-order valence-corrected chi connectivity index (χ4v) is 1.30. The van der Waals surface area contributed by atoms with Gasteiger partial charge in [-0.3, -0.25) is 4.99 Å². The molecule has 19 heavy (non-hydrogen) atoms. The van der Waals surface area contributed by atoms with Crippen molar-refractivity contribution in [2.75, 3.05) is 46.1 Å². The van der Waals surface area contributed by atoms with Crippen molar-refractivity contribution in [2.24, 2.45) is 4.99 Å². The summed E-state index contributed by atoms with van der Waals surface area (Å²) in [5.41, 5.74) is 0. The van der Waals surface area contributed by atoms with Gasteiger partial charge in [-0.1, -0.05) is 13.3 Å². The second kappa shape index (κ2) is 17.9. The SMILES string of the molecule is CCCCOCCOCCN=C(NCC)NCC.I. The van der Waals surface area contributed by atoms with Crippen molar-refractivity contribution in [1.82, 2.24) is 10.6 Å². The fourth-order valence-electron chi connectivity index (χ4n) is 1.30. The topological polar surface area (TPSA) is 54.9 Å². The predicted molar refractivity (Wildman–Crippen MR) is 91.6 cm³/mol. The molecule has 0 heterocycles. The lowest BCUT2D eigenvalue weighted by Gasteiger charge is -2.09. The molecule has 0 atom stereocenters. The summed E-state index contributed by atoms with van der Waals surface area (Å²) in [6.45, 7) is 11.5. The van der Waals surface area contributed by atoms with E-state index in [-0.39, 0.29) is 24.0 Å². The average molecular weight is 387 g/mol. The monoisotopic (exact) mass is 387 g/mol. The number of rotatable bonds is 11. The molecule has 2 N–H and O–H groups in total. The highest BCUT2D eigenvalue weighted by atomic mass is 127. The second-order valence-electron chi connectivity index (χ2n) is 3.87. The van der Waals surface area contributed by atoms with Crippen molar-refractivity contribution in [3.8, 4) is 0 Å². The molecule has 0 spiro atoms. The molecule has 0 fully saturated rings. The Kier molecular flexibility index (Phi) is 20.0. The molecular formula is C13H30IN3O2. The largest absolute Gasteiger partial charge is 0.379 e. The number of hydrogen-bond acceptors (Lipinski definition) is 3. The highest BCUT2D eigenvalue weighted by Crippen LogP contribution is 1.87. The van der Waals surface area contributed by atoms with Crippen LogP contribution in [-0.4, -0.2) is 52.0 Å². The molecule has 0 aromatic heterocycles. The van der Waals surface area contributed by atoms with E-state index in [1.54, 1.807) is 0 Å². The summed E-state index contributed by atoms with van der Waals surface area (Å²) in [6, 6.07) is 0. The Hall–Kier alpha value is -0.0800. The Bertz CT molecular complexity index is 196. The molecule has 0 amide bonds. The number of ether oxygens (including phenoxy) is 2. The number of nitrogens with one attached hydrogen (secondary N) is 2. The molecule has 116 valence electrons. The first-order chi connectivity index (χ1) is 8.85. The van der Waals surface area contributed by atoms with Gasteiger partial charge in [0.1, 0.15) is 0 Å². The first kappa shape index (κ1) is 21.2. The maximum absolute atomic E-state index is 5.43. The predicted octanol–water partition coefficient (Wildman–Crippen LogP) is 2.01. The summed E-state index contributed by atoms with van der Waals surface area (Å²) in [5.74, 6) is 0.850. The van der Waals surface area contributed by atoms with Gasteiger partial charge in [0, 0.05) is 19.7 Å². The number of hydrogen-bond donors (Lipinski definition) is 2. The number of halogens is 1. The third-order valence-electron chi connectivity index (χ3n) is 2.21. The third kappa shape index (κ3) is 15.9. The Morgan fingerprint density at radius 2 is 1.47 bits per heavy atom. The number of unbranched alkanes of at least 4 members (excludes halogenated alkanes) is 1. The van der Waals surface area contributed by atoms with Gasteiger partial charge in [-0.2, -0.15) is 0 Å². The second-order valence-corrected chi connectivity index (χ2v) is 3.87. The zero-order valence-electron chi connectivity index (χ0n) is 12.5. The summed E-state index contributed by atoms with van der Waals surface area (Å²) in [6.07, 6.45) is 2.30. The van der Waals surface area contributed by atoms with Crippen molar-refractivity contribution in [1.29, 1.82) is 0 Å². The van der Waals surface area contributed by atoms with Crippen LogP contribution in [0.2, 0.25) is 0 Å². The van der Waals surface area contributed by atoms with Crippen LogP contribution in [0.1, 0.15) is 33.6 Å². The van der Waals surface area contributed by atoms with Crippen LogP contribution < -0.4 is 10.6 Å². The molecule has 0 rings (SSSR count). The van der Waals surface area contributed by atoms with Crippen LogP contribution in [0.3, 0.4) is 0 Å². The lowest BCUT2D eigenvalue weighted by Crippen LogP contribution is -2.37.